The van der Waals surface area contributed by atoms with E-state index >= 15 is 0 Å². The van der Waals surface area contributed by atoms with Gasteiger partial charge in [0.1, 0.15) is 17.2 Å². The maximum atomic E-state index is 14.2. The van der Waals surface area contributed by atoms with Crippen molar-refractivity contribution < 1.29 is 22.4 Å². The van der Waals surface area contributed by atoms with Crippen molar-refractivity contribution in [3.63, 3.8) is 0 Å². The fraction of sp³-hybridized carbons (Fsp3) is 0.235. The predicted octanol–water partition coefficient (Wildman–Crippen LogP) is 2.32. The Morgan fingerprint density at radius 3 is 2.63 bits per heavy atom. The van der Waals surface area contributed by atoms with Crippen molar-refractivity contribution in [1.82, 2.24) is 19.7 Å². The Kier molecular flexibility index (Phi) is 4.73. The van der Waals surface area contributed by atoms with Crippen LogP contribution in [-0.2, 0) is 19.8 Å². The molecule has 0 atom stereocenters. The summed E-state index contributed by atoms with van der Waals surface area (Å²) in [5.41, 5.74) is -2.43. The highest BCUT2D eigenvalue weighted by Gasteiger charge is 2.35. The van der Waals surface area contributed by atoms with Crippen LogP contribution in [-0.4, -0.2) is 26.8 Å². The number of benzene rings is 1. The second-order valence-electron chi connectivity index (χ2n) is 5.78. The minimum atomic E-state index is -4.86. The molecule has 3 rings (SSSR count). The van der Waals surface area contributed by atoms with Crippen molar-refractivity contribution in [2.75, 3.05) is 6.54 Å². The SMILES string of the molecule is Cn1nccc1C(=O)NCCn1c(C(F)(F)F)cc(=O)c2cccc(F)c21. The maximum Gasteiger partial charge on any atom is 0.431 e. The topological polar surface area (TPSA) is 68.9 Å². The lowest BCUT2D eigenvalue weighted by atomic mass is 10.1. The summed E-state index contributed by atoms with van der Waals surface area (Å²) < 4.78 is 56.3. The monoisotopic (exact) mass is 382 g/mol. The smallest absolute Gasteiger partial charge is 0.349 e. The van der Waals surface area contributed by atoms with Crippen LogP contribution in [0, 0.1) is 5.82 Å². The zero-order chi connectivity index (χ0) is 19.8. The number of nitrogens with zero attached hydrogens (tertiary/aromatic N) is 3. The number of nitrogens with one attached hydrogen (secondary N) is 1. The molecule has 0 bridgehead atoms. The number of halogens is 4. The molecule has 1 N–H and O–H groups in total. The first-order valence-electron chi connectivity index (χ1n) is 7.85. The molecule has 0 aliphatic rings. The average molecular weight is 382 g/mol. The molecule has 10 heteroatoms. The third-order valence-corrected chi connectivity index (χ3v) is 4.05. The highest BCUT2D eigenvalue weighted by molar-refractivity contribution is 5.92. The van der Waals surface area contributed by atoms with E-state index in [0.717, 1.165) is 6.07 Å². The Labute approximate surface area is 150 Å². The number of aryl methyl sites for hydroxylation is 1. The molecule has 0 radical (unpaired) electrons. The summed E-state index contributed by atoms with van der Waals surface area (Å²) in [5.74, 6) is -1.48. The van der Waals surface area contributed by atoms with Gasteiger partial charge in [0.25, 0.3) is 5.91 Å². The third-order valence-electron chi connectivity index (χ3n) is 4.05. The molecule has 0 spiro atoms. The van der Waals surface area contributed by atoms with Crippen LogP contribution in [0.3, 0.4) is 0 Å². The van der Waals surface area contributed by atoms with Crippen LogP contribution in [0.2, 0.25) is 0 Å². The number of aromatic nitrogens is 3. The normalized spacial score (nSPS) is 11.7. The lowest BCUT2D eigenvalue weighted by molar-refractivity contribution is -0.143. The molecule has 6 nitrogen and oxygen atoms in total. The number of hydrogen-bond acceptors (Lipinski definition) is 3. The van der Waals surface area contributed by atoms with Gasteiger partial charge in [-0.05, 0) is 18.2 Å². The minimum absolute atomic E-state index is 0.166. The summed E-state index contributed by atoms with van der Waals surface area (Å²) in [4.78, 5) is 24.0. The summed E-state index contributed by atoms with van der Waals surface area (Å²) in [6, 6.07) is 5.37. The standard InChI is InChI=1S/C17H14F4N4O2/c1-24-12(5-6-23-24)16(27)22-7-8-25-14(17(19,20)21)9-13(26)10-3-2-4-11(18)15(10)25/h2-6,9H,7-8H2,1H3,(H,22,27). The van der Waals surface area contributed by atoms with Gasteiger partial charge in [-0.1, -0.05) is 6.07 Å². The van der Waals surface area contributed by atoms with E-state index in [2.05, 4.69) is 10.4 Å². The molecule has 0 fully saturated rings. The lowest BCUT2D eigenvalue weighted by Gasteiger charge is -2.19. The number of hydrogen-bond donors (Lipinski definition) is 1. The first-order chi connectivity index (χ1) is 12.7. The van der Waals surface area contributed by atoms with E-state index < -0.39 is 34.5 Å². The summed E-state index contributed by atoms with van der Waals surface area (Å²) in [6.45, 7) is -0.588. The van der Waals surface area contributed by atoms with Gasteiger partial charge in [0.05, 0.1) is 5.52 Å². The number of carbonyl (C=O) groups is 1. The Morgan fingerprint density at radius 1 is 1.26 bits per heavy atom. The van der Waals surface area contributed by atoms with E-state index in [9.17, 15) is 27.2 Å². The number of fused-ring (bicyclic) bond motifs is 1. The van der Waals surface area contributed by atoms with Crippen molar-refractivity contribution in [3.05, 3.63) is 64.0 Å². The van der Waals surface area contributed by atoms with E-state index in [1.807, 2.05) is 0 Å². The number of carbonyl (C=O) groups excluding carboxylic acids is 1. The van der Waals surface area contributed by atoms with Gasteiger partial charge in [-0.3, -0.25) is 14.3 Å². The first kappa shape index (κ1) is 18.6. The maximum absolute atomic E-state index is 14.2. The quantitative estimate of drug-likeness (QED) is 0.705. The summed E-state index contributed by atoms with van der Waals surface area (Å²) >= 11 is 0. The third kappa shape index (κ3) is 3.55. The predicted molar refractivity (Wildman–Crippen MR) is 88.7 cm³/mol. The summed E-state index contributed by atoms with van der Waals surface area (Å²) in [6.07, 6.45) is -3.46. The number of pyridine rings is 1. The molecule has 0 unspecified atom stereocenters. The van der Waals surface area contributed by atoms with E-state index in [-0.39, 0.29) is 24.2 Å². The van der Waals surface area contributed by atoms with Gasteiger partial charge in [0, 0.05) is 37.8 Å². The Morgan fingerprint density at radius 2 is 2.00 bits per heavy atom. The van der Waals surface area contributed by atoms with E-state index in [1.165, 1.54) is 29.1 Å². The Bertz CT molecular complexity index is 1070. The van der Waals surface area contributed by atoms with Crippen LogP contribution in [0.1, 0.15) is 16.2 Å². The molecule has 142 valence electrons. The number of amides is 1. The van der Waals surface area contributed by atoms with Crippen molar-refractivity contribution in [2.45, 2.75) is 12.7 Å². The second-order valence-corrected chi connectivity index (χ2v) is 5.78. The number of alkyl halides is 3. The molecule has 3 aromatic rings. The number of rotatable bonds is 4. The molecule has 0 saturated heterocycles. The molecule has 0 aliphatic carbocycles. The van der Waals surface area contributed by atoms with Gasteiger partial charge in [-0.15, -0.1) is 0 Å². The van der Waals surface area contributed by atoms with Crippen molar-refractivity contribution >= 4 is 16.8 Å². The summed E-state index contributed by atoms with van der Waals surface area (Å²) in [7, 11) is 1.54. The molecular weight excluding hydrogens is 368 g/mol. The fourth-order valence-electron chi connectivity index (χ4n) is 2.82. The highest BCUT2D eigenvalue weighted by atomic mass is 19.4. The van der Waals surface area contributed by atoms with Gasteiger partial charge in [-0.25, -0.2) is 4.39 Å². The van der Waals surface area contributed by atoms with E-state index in [1.54, 1.807) is 7.05 Å². The van der Waals surface area contributed by atoms with Gasteiger partial charge in [-0.2, -0.15) is 18.3 Å². The average Bonchev–Trinajstić information content (AvgIpc) is 3.02. The molecule has 0 saturated carbocycles. The van der Waals surface area contributed by atoms with Crippen molar-refractivity contribution in [2.24, 2.45) is 7.05 Å². The minimum Gasteiger partial charge on any atom is -0.349 e. The van der Waals surface area contributed by atoms with Crippen LogP contribution < -0.4 is 10.7 Å². The fourth-order valence-corrected chi connectivity index (χ4v) is 2.82. The molecule has 1 aromatic carbocycles. The van der Waals surface area contributed by atoms with Crippen LogP contribution in [0.4, 0.5) is 17.6 Å². The van der Waals surface area contributed by atoms with Gasteiger partial charge >= 0.3 is 6.18 Å². The van der Waals surface area contributed by atoms with Gasteiger partial charge < -0.3 is 9.88 Å². The Balaban J connectivity index is 1.97. The van der Waals surface area contributed by atoms with E-state index in [0.29, 0.717) is 10.6 Å². The van der Waals surface area contributed by atoms with Crippen LogP contribution in [0.15, 0.2) is 41.3 Å². The molecule has 1 amide bonds. The van der Waals surface area contributed by atoms with Crippen LogP contribution in [0.5, 0.6) is 0 Å². The second kappa shape index (κ2) is 6.86. The van der Waals surface area contributed by atoms with Crippen LogP contribution >= 0.6 is 0 Å². The van der Waals surface area contributed by atoms with Crippen molar-refractivity contribution in [3.8, 4) is 0 Å². The molecule has 2 aromatic heterocycles. The summed E-state index contributed by atoms with van der Waals surface area (Å²) in [5, 5.41) is 6.13. The first-order valence-corrected chi connectivity index (χ1v) is 7.85. The lowest BCUT2D eigenvalue weighted by Crippen LogP contribution is -2.31. The van der Waals surface area contributed by atoms with Crippen LogP contribution in [0.25, 0.3) is 10.9 Å². The van der Waals surface area contributed by atoms with Crippen molar-refractivity contribution in [1.29, 1.82) is 0 Å². The van der Waals surface area contributed by atoms with Gasteiger partial charge in [0.15, 0.2) is 5.43 Å². The molecule has 27 heavy (non-hydrogen) atoms. The highest BCUT2D eigenvalue weighted by Crippen LogP contribution is 2.31. The molecule has 2 heterocycles. The largest absolute Gasteiger partial charge is 0.431 e. The van der Waals surface area contributed by atoms with Gasteiger partial charge in [0.2, 0.25) is 0 Å². The van der Waals surface area contributed by atoms with E-state index in [4.69, 9.17) is 0 Å². The Hall–Kier alpha value is -3.17. The zero-order valence-electron chi connectivity index (χ0n) is 14.0. The molecule has 0 aliphatic heterocycles. The molecular formula is C17H14F4N4O2. The number of para-hydroxylation sites is 1. The zero-order valence-corrected chi connectivity index (χ0v) is 14.0.